The summed E-state index contributed by atoms with van der Waals surface area (Å²) < 4.78 is 0. The smallest absolute Gasteiger partial charge is 0.194 e. The van der Waals surface area contributed by atoms with Crippen molar-refractivity contribution in [2.45, 2.75) is 50.7 Å². The van der Waals surface area contributed by atoms with Crippen molar-refractivity contribution in [3.8, 4) is 0 Å². The highest BCUT2D eigenvalue weighted by Crippen LogP contribution is 2.37. The normalized spacial score (nSPS) is 29.2. The Labute approximate surface area is 144 Å². The maximum atomic E-state index is 9.82. The number of hydrogen-bond donors (Lipinski definition) is 2. The van der Waals surface area contributed by atoms with Gasteiger partial charge in [0, 0.05) is 49.8 Å². The largest absolute Gasteiger partial charge is 0.391 e. The minimum absolute atomic E-state index is 0.196. The molecule has 2 heterocycles. The van der Waals surface area contributed by atoms with Crippen molar-refractivity contribution >= 4 is 17.7 Å². The van der Waals surface area contributed by atoms with Gasteiger partial charge in [0.15, 0.2) is 5.96 Å². The van der Waals surface area contributed by atoms with E-state index in [2.05, 4.69) is 33.8 Å². The van der Waals surface area contributed by atoms with Crippen molar-refractivity contribution in [1.29, 1.82) is 0 Å². The highest BCUT2D eigenvalue weighted by atomic mass is 32.2. The van der Waals surface area contributed by atoms with Crippen molar-refractivity contribution in [3.05, 3.63) is 0 Å². The van der Waals surface area contributed by atoms with E-state index >= 15 is 0 Å². The molecule has 0 aromatic rings. The average molecular weight is 341 g/mol. The van der Waals surface area contributed by atoms with Crippen LogP contribution >= 0.6 is 11.8 Å². The van der Waals surface area contributed by atoms with E-state index in [1.54, 1.807) is 0 Å². The van der Waals surface area contributed by atoms with Crippen molar-refractivity contribution in [1.82, 2.24) is 15.1 Å². The molecule has 5 nitrogen and oxygen atoms in total. The first-order chi connectivity index (χ1) is 11.2. The molecule has 0 spiro atoms. The number of aliphatic hydroxyl groups is 1. The lowest BCUT2D eigenvalue weighted by molar-refractivity contribution is 0.112. The summed E-state index contributed by atoms with van der Waals surface area (Å²) in [5.41, 5.74) is 0.292. The van der Waals surface area contributed by atoms with Gasteiger partial charge in [0.25, 0.3) is 0 Å². The van der Waals surface area contributed by atoms with Crippen LogP contribution in [-0.4, -0.2) is 83.3 Å². The second-order valence-electron chi connectivity index (χ2n) is 7.09. The molecule has 0 radical (unpaired) electrons. The SMILES string of the molecule is CCNC(=NCC1(N2CCSCC2)CCCC1)N1CC[C@@H](O)C1. The monoisotopic (exact) mass is 340 g/mol. The van der Waals surface area contributed by atoms with Crippen LogP contribution in [0.15, 0.2) is 4.99 Å². The van der Waals surface area contributed by atoms with Crippen LogP contribution in [0, 0.1) is 0 Å². The van der Waals surface area contributed by atoms with Crippen molar-refractivity contribution in [2.24, 2.45) is 4.99 Å². The first-order valence-electron chi connectivity index (χ1n) is 9.28. The molecule has 23 heavy (non-hydrogen) atoms. The zero-order chi connectivity index (χ0) is 16.1. The average Bonchev–Trinajstić information content (AvgIpc) is 3.22. The summed E-state index contributed by atoms with van der Waals surface area (Å²) in [5.74, 6) is 3.54. The predicted octanol–water partition coefficient (Wildman–Crippen LogP) is 1.38. The molecule has 0 aromatic heterocycles. The number of aliphatic hydroxyl groups excluding tert-OH is 1. The molecule has 0 amide bonds. The van der Waals surface area contributed by atoms with E-state index in [0.29, 0.717) is 5.54 Å². The zero-order valence-electron chi connectivity index (χ0n) is 14.5. The number of thioether (sulfide) groups is 1. The molecule has 6 heteroatoms. The Morgan fingerprint density at radius 1 is 1.26 bits per heavy atom. The standard InChI is InChI=1S/C17H32N4OS/c1-2-18-16(20-8-5-15(22)13-20)19-14-17(6-3-4-7-17)21-9-11-23-12-10-21/h15,22H,2-14H2,1H3,(H,18,19)/t15-/m1/s1. The molecular formula is C17H32N4OS. The molecular weight excluding hydrogens is 308 g/mol. The van der Waals surface area contributed by atoms with Crippen molar-refractivity contribution in [3.63, 3.8) is 0 Å². The molecule has 3 aliphatic rings. The van der Waals surface area contributed by atoms with Crippen LogP contribution in [0.1, 0.15) is 39.0 Å². The van der Waals surface area contributed by atoms with Gasteiger partial charge in [0.2, 0.25) is 0 Å². The van der Waals surface area contributed by atoms with Crippen LogP contribution in [0.5, 0.6) is 0 Å². The number of nitrogens with zero attached hydrogens (tertiary/aromatic N) is 3. The Hall–Kier alpha value is -0.460. The van der Waals surface area contributed by atoms with Crippen LogP contribution in [0.25, 0.3) is 0 Å². The maximum absolute atomic E-state index is 9.82. The second-order valence-corrected chi connectivity index (χ2v) is 8.31. The third kappa shape index (κ3) is 4.15. The van der Waals surface area contributed by atoms with Gasteiger partial charge >= 0.3 is 0 Å². The quantitative estimate of drug-likeness (QED) is 0.598. The van der Waals surface area contributed by atoms with Gasteiger partial charge in [-0.15, -0.1) is 0 Å². The van der Waals surface area contributed by atoms with Crippen LogP contribution in [0.3, 0.4) is 0 Å². The van der Waals surface area contributed by atoms with E-state index in [1.807, 2.05) is 0 Å². The van der Waals surface area contributed by atoms with E-state index in [9.17, 15) is 5.11 Å². The van der Waals surface area contributed by atoms with Crippen molar-refractivity contribution in [2.75, 3.05) is 50.8 Å². The maximum Gasteiger partial charge on any atom is 0.194 e. The fourth-order valence-corrected chi connectivity index (χ4v) is 5.13. The molecule has 2 saturated heterocycles. The number of β-amino-alcohol motifs (C(OH)–C–C–N with tert-alkyl or cyclic N) is 1. The zero-order valence-corrected chi connectivity index (χ0v) is 15.3. The van der Waals surface area contributed by atoms with Gasteiger partial charge in [0.05, 0.1) is 12.6 Å². The summed E-state index contributed by atoms with van der Waals surface area (Å²) in [6, 6.07) is 0. The number of hydrogen-bond acceptors (Lipinski definition) is 4. The summed E-state index contributed by atoms with van der Waals surface area (Å²) in [5, 5.41) is 13.2. The minimum atomic E-state index is -0.196. The Morgan fingerprint density at radius 2 is 2.00 bits per heavy atom. The van der Waals surface area contributed by atoms with E-state index in [-0.39, 0.29) is 6.10 Å². The summed E-state index contributed by atoms with van der Waals surface area (Å²) >= 11 is 2.08. The van der Waals surface area contributed by atoms with Gasteiger partial charge in [-0.25, -0.2) is 0 Å². The number of nitrogens with one attached hydrogen (secondary N) is 1. The molecule has 0 bridgehead atoms. The highest BCUT2D eigenvalue weighted by Gasteiger charge is 2.40. The Kier molecular flexibility index (Phi) is 6.10. The van der Waals surface area contributed by atoms with Crippen LogP contribution in [0.2, 0.25) is 0 Å². The molecule has 132 valence electrons. The first kappa shape index (κ1) is 17.4. The minimum Gasteiger partial charge on any atom is -0.391 e. The van der Waals surface area contributed by atoms with E-state index < -0.39 is 0 Å². The topological polar surface area (TPSA) is 51.1 Å². The fraction of sp³-hybridized carbons (Fsp3) is 0.941. The van der Waals surface area contributed by atoms with E-state index in [0.717, 1.165) is 38.6 Å². The van der Waals surface area contributed by atoms with Gasteiger partial charge in [-0.3, -0.25) is 9.89 Å². The molecule has 1 atom stereocenters. The van der Waals surface area contributed by atoms with E-state index in [1.165, 1.54) is 50.3 Å². The molecule has 0 aromatic carbocycles. The third-order valence-corrected chi connectivity index (χ3v) is 6.48. The predicted molar refractivity (Wildman–Crippen MR) is 98.3 cm³/mol. The summed E-state index contributed by atoms with van der Waals surface area (Å²) in [4.78, 5) is 9.98. The third-order valence-electron chi connectivity index (χ3n) is 5.54. The summed E-state index contributed by atoms with van der Waals surface area (Å²) in [7, 11) is 0. The molecule has 1 aliphatic carbocycles. The highest BCUT2D eigenvalue weighted by molar-refractivity contribution is 7.99. The number of guanidine groups is 1. The van der Waals surface area contributed by atoms with Gasteiger partial charge < -0.3 is 15.3 Å². The molecule has 2 aliphatic heterocycles. The molecule has 3 rings (SSSR count). The Morgan fingerprint density at radius 3 is 2.61 bits per heavy atom. The second kappa shape index (κ2) is 8.08. The van der Waals surface area contributed by atoms with Crippen molar-refractivity contribution < 1.29 is 5.11 Å². The lowest BCUT2D eigenvalue weighted by Crippen LogP contribution is -2.53. The van der Waals surface area contributed by atoms with Gasteiger partial charge in [-0.2, -0.15) is 11.8 Å². The molecule has 0 unspecified atom stereocenters. The molecule has 2 N–H and O–H groups in total. The van der Waals surface area contributed by atoms with Crippen LogP contribution < -0.4 is 5.32 Å². The van der Waals surface area contributed by atoms with E-state index in [4.69, 9.17) is 4.99 Å². The van der Waals surface area contributed by atoms with Crippen LogP contribution in [-0.2, 0) is 0 Å². The number of likely N-dealkylation sites (tertiary alicyclic amines) is 1. The number of aliphatic imine (C=N–C) groups is 1. The number of rotatable bonds is 4. The Balaban J connectivity index is 1.70. The summed E-state index contributed by atoms with van der Waals surface area (Å²) in [6.45, 7) is 8.00. The first-order valence-corrected chi connectivity index (χ1v) is 10.4. The lowest BCUT2D eigenvalue weighted by atomic mass is 9.95. The van der Waals surface area contributed by atoms with Crippen LogP contribution in [0.4, 0.5) is 0 Å². The molecule has 3 fully saturated rings. The Bertz CT molecular complexity index is 405. The van der Waals surface area contributed by atoms with Gasteiger partial charge in [0.1, 0.15) is 0 Å². The summed E-state index contributed by atoms with van der Waals surface area (Å²) in [6.07, 6.45) is 5.94. The van der Waals surface area contributed by atoms with Gasteiger partial charge in [-0.1, -0.05) is 12.8 Å². The lowest BCUT2D eigenvalue weighted by Gasteiger charge is -2.42. The van der Waals surface area contributed by atoms with Gasteiger partial charge in [-0.05, 0) is 26.2 Å². The fourth-order valence-electron chi connectivity index (χ4n) is 4.23. The molecule has 1 saturated carbocycles.